The van der Waals surface area contributed by atoms with Crippen LogP contribution >= 0.6 is 11.6 Å². The van der Waals surface area contributed by atoms with E-state index in [4.69, 9.17) is 11.6 Å². The summed E-state index contributed by atoms with van der Waals surface area (Å²) in [5.41, 5.74) is -0.806. The van der Waals surface area contributed by atoms with E-state index >= 15 is 0 Å². The number of alkyl halides is 1. The van der Waals surface area contributed by atoms with E-state index in [-0.39, 0.29) is 0 Å². The van der Waals surface area contributed by atoms with Gasteiger partial charge in [-0.1, -0.05) is 11.6 Å². The number of rotatable bonds is 2. The third-order valence-corrected chi connectivity index (χ3v) is 1.35. The SMILES string of the molecule is CC(Cl)Oc1cc(F)c(F)cc1F. The molecule has 1 atom stereocenters. The molecule has 1 aromatic rings. The van der Waals surface area contributed by atoms with Crippen LogP contribution in [0.1, 0.15) is 6.92 Å². The smallest absolute Gasteiger partial charge is 0.169 e. The molecule has 0 fully saturated rings. The van der Waals surface area contributed by atoms with Gasteiger partial charge in [0.1, 0.15) is 0 Å². The van der Waals surface area contributed by atoms with Crippen molar-refractivity contribution in [3.8, 4) is 5.75 Å². The Morgan fingerprint density at radius 2 is 1.69 bits per heavy atom. The van der Waals surface area contributed by atoms with Crippen molar-refractivity contribution in [3.63, 3.8) is 0 Å². The Labute approximate surface area is 78.1 Å². The Morgan fingerprint density at radius 3 is 2.23 bits per heavy atom. The van der Waals surface area contributed by atoms with E-state index < -0.39 is 28.8 Å². The maximum Gasteiger partial charge on any atom is 0.169 e. The van der Waals surface area contributed by atoms with Crippen molar-refractivity contribution < 1.29 is 17.9 Å². The summed E-state index contributed by atoms with van der Waals surface area (Å²) in [6.45, 7) is 1.43. The molecule has 1 rings (SSSR count). The van der Waals surface area contributed by atoms with Crippen LogP contribution in [0.15, 0.2) is 12.1 Å². The fraction of sp³-hybridized carbons (Fsp3) is 0.250. The van der Waals surface area contributed by atoms with Crippen LogP contribution in [0.4, 0.5) is 13.2 Å². The van der Waals surface area contributed by atoms with E-state index in [0.29, 0.717) is 12.1 Å². The molecule has 0 radical (unpaired) electrons. The zero-order chi connectivity index (χ0) is 10.0. The van der Waals surface area contributed by atoms with Gasteiger partial charge in [0.05, 0.1) is 0 Å². The van der Waals surface area contributed by atoms with Crippen LogP contribution in [0.3, 0.4) is 0 Å². The number of halogens is 4. The number of hydrogen-bond donors (Lipinski definition) is 0. The molecule has 0 bridgehead atoms. The van der Waals surface area contributed by atoms with Crippen LogP contribution < -0.4 is 4.74 Å². The summed E-state index contributed by atoms with van der Waals surface area (Å²) in [4.78, 5) is 0. The lowest BCUT2D eigenvalue weighted by atomic mass is 10.3. The predicted octanol–water partition coefficient (Wildman–Crippen LogP) is 3.07. The van der Waals surface area contributed by atoms with E-state index in [0.717, 1.165) is 0 Å². The Kier molecular flexibility index (Phi) is 3.03. The van der Waals surface area contributed by atoms with Crippen molar-refractivity contribution in [1.29, 1.82) is 0 Å². The molecule has 1 unspecified atom stereocenters. The van der Waals surface area contributed by atoms with Gasteiger partial charge in [-0.15, -0.1) is 0 Å². The summed E-state index contributed by atoms with van der Waals surface area (Å²) >= 11 is 5.37. The average Bonchev–Trinajstić information content (AvgIpc) is 1.99. The summed E-state index contributed by atoms with van der Waals surface area (Å²) in [6.07, 6.45) is 0. The summed E-state index contributed by atoms with van der Waals surface area (Å²) < 4.78 is 42.4. The maximum atomic E-state index is 12.8. The Hall–Kier alpha value is -0.900. The van der Waals surface area contributed by atoms with Gasteiger partial charge in [0, 0.05) is 12.1 Å². The van der Waals surface area contributed by atoms with Gasteiger partial charge in [-0.2, -0.15) is 0 Å². The van der Waals surface area contributed by atoms with Crippen molar-refractivity contribution in [2.75, 3.05) is 0 Å². The first-order valence-electron chi connectivity index (χ1n) is 3.46. The summed E-state index contributed by atoms with van der Waals surface area (Å²) in [5, 5.41) is 0. The lowest BCUT2D eigenvalue weighted by Crippen LogP contribution is -2.05. The van der Waals surface area contributed by atoms with Crippen molar-refractivity contribution in [2.45, 2.75) is 12.5 Å². The van der Waals surface area contributed by atoms with Crippen LogP contribution in [-0.2, 0) is 0 Å². The van der Waals surface area contributed by atoms with E-state index in [1.54, 1.807) is 0 Å². The van der Waals surface area contributed by atoms with Crippen LogP contribution in [0.25, 0.3) is 0 Å². The third-order valence-electron chi connectivity index (χ3n) is 1.26. The summed E-state index contributed by atoms with van der Waals surface area (Å²) in [7, 11) is 0. The predicted molar refractivity (Wildman–Crippen MR) is 42.3 cm³/mol. The molecule has 1 aromatic carbocycles. The minimum atomic E-state index is -1.26. The second kappa shape index (κ2) is 3.87. The van der Waals surface area contributed by atoms with Gasteiger partial charge >= 0.3 is 0 Å². The Balaban J connectivity index is 3.01. The quantitative estimate of drug-likeness (QED) is 0.539. The normalized spacial score (nSPS) is 12.7. The van der Waals surface area contributed by atoms with Crippen LogP contribution in [0, 0.1) is 17.5 Å². The fourth-order valence-corrected chi connectivity index (χ4v) is 0.866. The van der Waals surface area contributed by atoms with E-state index in [2.05, 4.69) is 4.74 Å². The summed E-state index contributed by atoms with van der Waals surface area (Å²) in [5.74, 6) is -3.81. The lowest BCUT2D eigenvalue weighted by Gasteiger charge is -2.08. The van der Waals surface area contributed by atoms with E-state index in [1.807, 2.05) is 0 Å². The monoisotopic (exact) mass is 210 g/mol. The standard InChI is InChI=1S/C8H6ClF3O/c1-4(9)13-8-3-6(11)5(10)2-7(8)12/h2-4H,1H3. The largest absolute Gasteiger partial charge is 0.472 e. The minimum absolute atomic E-state index is 0.401. The molecule has 0 aromatic heterocycles. The first-order chi connectivity index (χ1) is 6.00. The minimum Gasteiger partial charge on any atom is -0.472 e. The highest BCUT2D eigenvalue weighted by Gasteiger charge is 2.11. The molecule has 0 heterocycles. The van der Waals surface area contributed by atoms with Gasteiger partial charge in [0.25, 0.3) is 0 Å². The maximum absolute atomic E-state index is 12.8. The molecule has 0 spiro atoms. The number of benzene rings is 1. The van der Waals surface area contributed by atoms with Gasteiger partial charge < -0.3 is 4.74 Å². The van der Waals surface area contributed by atoms with Gasteiger partial charge in [-0.25, -0.2) is 13.2 Å². The first kappa shape index (κ1) is 10.2. The molecule has 72 valence electrons. The molecule has 0 N–H and O–H groups in total. The van der Waals surface area contributed by atoms with E-state index in [1.165, 1.54) is 6.92 Å². The van der Waals surface area contributed by atoms with Gasteiger partial charge in [-0.3, -0.25) is 0 Å². The zero-order valence-electron chi connectivity index (χ0n) is 6.65. The van der Waals surface area contributed by atoms with Gasteiger partial charge in [0.2, 0.25) is 0 Å². The highest BCUT2D eigenvalue weighted by molar-refractivity contribution is 6.19. The Morgan fingerprint density at radius 1 is 1.15 bits per heavy atom. The molecular formula is C8H6ClF3O. The second-order valence-electron chi connectivity index (χ2n) is 2.36. The highest BCUT2D eigenvalue weighted by atomic mass is 35.5. The molecule has 1 nitrogen and oxygen atoms in total. The molecule has 0 aliphatic rings. The number of ether oxygens (including phenoxy) is 1. The summed E-state index contributed by atoms with van der Waals surface area (Å²) in [6, 6.07) is 1.02. The van der Waals surface area contributed by atoms with Crippen molar-refractivity contribution in [1.82, 2.24) is 0 Å². The molecule has 0 saturated carbocycles. The molecule has 0 aliphatic carbocycles. The third kappa shape index (κ3) is 2.52. The van der Waals surface area contributed by atoms with Crippen LogP contribution in [0.5, 0.6) is 5.75 Å². The topological polar surface area (TPSA) is 9.23 Å². The first-order valence-corrected chi connectivity index (χ1v) is 3.89. The second-order valence-corrected chi connectivity index (χ2v) is 2.97. The van der Waals surface area contributed by atoms with Gasteiger partial charge in [-0.05, 0) is 6.92 Å². The van der Waals surface area contributed by atoms with Gasteiger partial charge in [0.15, 0.2) is 28.8 Å². The van der Waals surface area contributed by atoms with Crippen LogP contribution in [-0.4, -0.2) is 5.56 Å². The van der Waals surface area contributed by atoms with Crippen LogP contribution in [0.2, 0.25) is 0 Å². The van der Waals surface area contributed by atoms with E-state index in [9.17, 15) is 13.2 Å². The average molecular weight is 211 g/mol. The fourth-order valence-electron chi connectivity index (χ4n) is 0.770. The molecule has 5 heteroatoms. The molecule has 0 saturated heterocycles. The molecule has 0 amide bonds. The highest BCUT2D eigenvalue weighted by Crippen LogP contribution is 2.22. The zero-order valence-corrected chi connectivity index (χ0v) is 7.41. The lowest BCUT2D eigenvalue weighted by molar-refractivity contribution is 0.282. The molecule has 13 heavy (non-hydrogen) atoms. The van der Waals surface area contributed by atoms with Crippen molar-refractivity contribution in [2.24, 2.45) is 0 Å². The molecule has 0 aliphatic heterocycles. The molecular weight excluding hydrogens is 205 g/mol. The van der Waals surface area contributed by atoms with Crippen molar-refractivity contribution >= 4 is 11.6 Å². The Bertz CT molecular complexity index is 315. The van der Waals surface area contributed by atoms with Crippen molar-refractivity contribution in [3.05, 3.63) is 29.6 Å². The number of hydrogen-bond acceptors (Lipinski definition) is 1.